The molecule has 0 N–H and O–H groups in total. The normalized spacial score (nSPS) is 18.5. The summed E-state index contributed by atoms with van der Waals surface area (Å²) in [6.07, 6.45) is 3.62. The Morgan fingerprint density at radius 1 is 1.43 bits per heavy atom. The Morgan fingerprint density at radius 3 is 2.81 bits per heavy atom. The van der Waals surface area contributed by atoms with Gasteiger partial charge in [0.2, 0.25) is 0 Å². The minimum Gasteiger partial charge on any atom is -0.462 e. The Hall–Kier alpha value is -1.23. The van der Waals surface area contributed by atoms with E-state index in [-0.39, 0.29) is 11.5 Å². The van der Waals surface area contributed by atoms with Crippen LogP contribution in [0.4, 0.5) is 0 Å². The van der Waals surface area contributed by atoms with Gasteiger partial charge in [0.25, 0.3) is 5.56 Å². The summed E-state index contributed by atoms with van der Waals surface area (Å²) in [5.74, 6) is 0.826. The van der Waals surface area contributed by atoms with Crippen molar-refractivity contribution >= 4 is 17.7 Å². The first-order chi connectivity index (χ1) is 10.0. The number of carbonyl (C=O) groups is 1. The highest BCUT2D eigenvalue weighted by atomic mass is 32.2. The van der Waals surface area contributed by atoms with Gasteiger partial charge in [-0.2, -0.15) is 11.8 Å². The molecule has 0 spiro atoms. The van der Waals surface area contributed by atoms with Crippen LogP contribution in [-0.2, 0) is 11.3 Å². The van der Waals surface area contributed by atoms with Crippen molar-refractivity contribution in [3.8, 4) is 0 Å². The van der Waals surface area contributed by atoms with E-state index in [9.17, 15) is 9.59 Å². The molecule has 1 aromatic rings. The van der Waals surface area contributed by atoms with E-state index in [1.54, 1.807) is 24.5 Å². The number of esters is 1. The Morgan fingerprint density at radius 2 is 2.19 bits per heavy atom. The van der Waals surface area contributed by atoms with E-state index in [4.69, 9.17) is 4.74 Å². The highest BCUT2D eigenvalue weighted by Gasteiger charge is 2.21. The average Bonchev–Trinajstić information content (AvgIpc) is 2.44. The molecule has 0 aliphatic carbocycles. The quantitative estimate of drug-likeness (QED) is 0.802. The molecular weight excluding hydrogens is 286 g/mol. The maximum Gasteiger partial charge on any atom is 0.340 e. The molecule has 0 saturated carbocycles. The standard InChI is InChI=1S/C16H23NO3S/c1-4-20-16(19)15-11(2)9-14(18)17(12(15)3)10-13-7-5-6-8-21-13/h9,13H,4-8,10H2,1-3H3. The minimum atomic E-state index is -0.336. The molecule has 1 aliphatic heterocycles. The van der Waals surface area contributed by atoms with E-state index in [0.29, 0.717) is 29.5 Å². The molecule has 21 heavy (non-hydrogen) atoms. The van der Waals surface area contributed by atoms with Crippen LogP contribution in [0.5, 0.6) is 0 Å². The lowest BCUT2D eigenvalue weighted by Gasteiger charge is -2.24. The van der Waals surface area contributed by atoms with Gasteiger partial charge in [0.1, 0.15) is 0 Å². The first-order valence-electron chi connectivity index (χ1n) is 7.54. The fourth-order valence-corrected chi connectivity index (χ4v) is 4.11. The zero-order valence-corrected chi connectivity index (χ0v) is 13.8. The number of pyridine rings is 1. The third-order valence-corrected chi connectivity index (χ3v) is 5.29. The number of ether oxygens (including phenoxy) is 1. The zero-order valence-electron chi connectivity index (χ0n) is 13.0. The van der Waals surface area contributed by atoms with Gasteiger partial charge in [0, 0.05) is 23.6 Å². The van der Waals surface area contributed by atoms with Crippen LogP contribution in [0.2, 0.25) is 0 Å². The van der Waals surface area contributed by atoms with Gasteiger partial charge in [-0.15, -0.1) is 0 Å². The summed E-state index contributed by atoms with van der Waals surface area (Å²) in [7, 11) is 0. The number of rotatable bonds is 4. The summed E-state index contributed by atoms with van der Waals surface area (Å²) in [6, 6.07) is 1.55. The molecule has 0 bridgehead atoms. The molecule has 1 aliphatic rings. The second-order valence-corrected chi connectivity index (χ2v) is 6.85. The first-order valence-corrected chi connectivity index (χ1v) is 8.59. The van der Waals surface area contributed by atoms with E-state index in [1.165, 1.54) is 12.8 Å². The Bertz CT molecular complexity index is 574. The van der Waals surface area contributed by atoms with Crippen molar-refractivity contribution in [3.05, 3.63) is 33.2 Å². The summed E-state index contributed by atoms with van der Waals surface area (Å²) in [4.78, 5) is 24.4. The van der Waals surface area contributed by atoms with Gasteiger partial charge >= 0.3 is 5.97 Å². The molecule has 1 saturated heterocycles. The molecule has 0 amide bonds. The van der Waals surface area contributed by atoms with Crippen LogP contribution in [0, 0.1) is 13.8 Å². The number of hydrogen-bond acceptors (Lipinski definition) is 4. The lowest BCUT2D eigenvalue weighted by molar-refractivity contribution is 0.0523. The highest BCUT2D eigenvalue weighted by molar-refractivity contribution is 7.99. The third-order valence-electron chi connectivity index (χ3n) is 3.91. The van der Waals surface area contributed by atoms with Crippen molar-refractivity contribution in [2.24, 2.45) is 0 Å². The fourth-order valence-electron chi connectivity index (χ4n) is 2.81. The largest absolute Gasteiger partial charge is 0.462 e. The molecule has 0 aromatic carbocycles. The van der Waals surface area contributed by atoms with Crippen LogP contribution in [0.3, 0.4) is 0 Å². The van der Waals surface area contributed by atoms with Gasteiger partial charge in [-0.05, 0) is 44.9 Å². The topological polar surface area (TPSA) is 48.3 Å². The van der Waals surface area contributed by atoms with Crippen LogP contribution in [0.1, 0.15) is 47.8 Å². The predicted molar refractivity (Wildman–Crippen MR) is 86.2 cm³/mol. The number of nitrogens with zero attached hydrogens (tertiary/aromatic N) is 1. The van der Waals surface area contributed by atoms with Gasteiger partial charge in [0.15, 0.2) is 0 Å². The van der Waals surface area contributed by atoms with Gasteiger partial charge in [0.05, 0.1) is 12.2 Å². The lowest BCUT2D eigenvalue weighted by atomic mass is 10.1. The Labute approximate surface area is 129 Å². The summed E-state index contributed by atoms with van der Waals surface area (Å²) in [5, 5.41) is 0.466. The maximum absolute atomic E-state index is 12.3. The molecule has 1 unspecified atom stereocenters. The average molecular weight is 309 g/mol. The summed E-state index contributed by atoms with van der Waals surface area (Å²) >= 11 is 1.93. The SMILES string of the molecule is CCOC(=O)c1c(C)cc(=O)n(CC2CCCCS2)c1C. The van der Waals surface area contributed by atoms with Crippen LogP contribution in [-0.4, -0.2) is 28.1 Å². The molecular formula is C16H23NO3S. The van der Waals surface area contributed by atoms with Crippen molar-refractivity contribution in [3.63, 3.8) is 0 Å². The van der Waals surface area contributed by atoms with Gasteiger partial charge in [-0.1, -0.05) is 6.42 Å². The van der Waals surface area contributed by atoms with E-state index >= 15 is 0 Å². The van der Waals surface area contributed by atoms with E-state index in [0.717, 1.165) is 17.9 Å². The highest BCUT2D eigenvalue weighted by Crippen LogP contribution is 2.26. The summed E-state index contributed by atoms with van der Waals surface area (Å²) in [6.45, 7) is 6.45. The fraction of sp³-hybridized carbons (Fsp3) is 0.625. The molecule has 1 fully saturated rings. The van der Waals surface area contributed by atoms with Crippen LogP contribution < -0.4 is 5.56 Å². The molecule has 1 aromatic heterocycles. The van der Waals surface area contributed by atoms with Crippen molar-refractivity contribution in [2.75, 3.05) is 12.4 Å². The third kappa shape index (κ3) is 3.70. The number of carbonyl (C=O) groups excluding carboxylic acids is 1. The van der Waals surface area contributed by atoms with Crippen molar-refractivity contribution in [1.29, 1.82) is 0 Å². The van der Waals surface area contributed by atoms with Crippen molar-refractivity contribution in [2.45, 2.75) is 51.8 Å². The Kier molecular flexibility index (Phi) is 5.51. The lowest BCUT2D eigenvalue weighted by Crippen LogP contribution is -2.30. The molecule has 116 valence electrons. The molecule has 2 rings (SSSR count). The maximum atomic E-state index is 12.3. The van der Waals surface area contributed by atoms with Crippen LogP contribution >= 0.6 is 11.8 Å². The number of thioether (sulfide) groups is 1. The summed E-state index contributed by atoms with van der Waals surface area (Å²) < 4.78 is 6.85. The van der Waals surface area contributed by atoms with Crippen molar-refractivity contribution in [1.82, 2.24) is 4.57 Å². The molecule has 4 nitrogen and oxygen atoms in total. The molecule has 5 heteroatoms. The number of aromatic nitrogens is 1. The molecule has 2 heterocycles. The summed E-state index contributed by atoms with van der Waals surface area (Å²) in [5.41, 5.74) is 1.94. The van der Waals surface area contributed by atoms with E-state index in [1.807, 2.05) is 18.7 Å². The van der Waals surface area contributed by atoms with Crippen LogP contribution in [0.15, 0.2) is 10.9 Å². The van der Waals surface area contributed by atoms with Gasteiger partial charge in [-0.25, -0.2) is 4.79 Å². The first kappa shape index (κ1) is 16.1. The smallest absolute Gasteiger partial charge is 0.340 e. The van der Waals surface area contributed by atoms with E-state index in [2.05, 4.69) is 0 Å². The zero-order chi connectivity index (χ0) is 15.4. The van der Waals surface area contributed by atoms with Gasteiger partial charge < -0.3 is 9.30 Å². The Balaban J connectivity index is 2.34. The second kappa shape index (κ2) is 7.16. The van der Waals surface area contributed by atoms with Crippen LogP contribution in [0.25, 0.3) is 0 Å². The molecule has 0 radical (unpaired) electrons. The van der Waals surface area contributed by atoms with E-state index < -0.39 is 0 Å². The molecule has 1 atom stereocenters. The second-order valence-electron chi connectivity index (χ2n) is 5.45. The van der Waals surface area contributed by atoms with Crippen molar-refractivity contribution < 1.29 is 9.53 Å². The number of aryl methyl sites for hydroxylation is 1. The predicted octanol–water partition coefficient (Wildman–Crippen LogP) is 2.93. The number of hydrogen-bond donors (Lipinski definition) is 0. The monoisotopic (exact) mass is 309 g/mol. The minimum absolute atomic E-state index is 0.0239. The van der Waals surface area contributed by atoms with Gasteiger partial charge in [-0.3, -0.25) is 4.79 Å².